The van der Waals surface area contributed by atoms with Crippen LogP contribution in [0.5, 0.6) is 5.75 Å². The highest BCUT2D eigenvalue weighted by atomic mass is 16.5. The van der Waals surface area contributed by atoms with Crippen molar-refractivity contribution < 1.29 is 9.84 Å². The molecule has 0 amide bonds. The Morgan fingerprint density at radius 3 is 2.54 bits per heavy atom. The van der Waals surface area contributed by atoms with Gasteiger partial charge in [0.15, 0.2) is 0 Å². The fraction of sp³-hybridized carbons (Fsp3) is 0.400. The van der Waals surface area contributed by atoms with E-state index in [2.05, 4.69) is 0 Å². The van der Waals surface area contributed by atoms with Crippen LogP contribution in [0.4, 0.5) is 0 Å². The van der Waals surface area contributed by atoms with Crippen molar-refractivity contribution in [1.29, 1.82) is 0 Å². The van der Waals surface area contributed by atoms with Crippen molar-refractivity contribution in [2.24, 2.45) is 11.7 Å². The molecular weight excluding hydrogens is 166 g/mol. The van der Waals surface area contributed by atoms with E-state index in [-0.39, 0.29) is 12.5 Å². The van der Waals surface area contributed by atoms with Gasteiger partial charge in [0.05, 0.1) is 13.2 Å². The number of hydrogen-bond acceptors (Lipinski definition) is 3. The van der Waals surface area contributed by atoms with Gasteiger partial charge in [-0.05, 0) is 12.1 Å². The molecule has 1 rings (SSSR count). The van der Waals surface area contributed by atoms with Gasteiger partial charge in [-0.2, -0.15) is 0 Å². The zero-order valence-electron chi connectivity index (χ0n) is 7.52. The number of para-hydroxylation sites is 1. The molecule has 0 aliphatic carbocycles. The number of rotatable bonds is 5. The average molecular weight is 181 g/mol. The third kappa shape index (κ3) is 3.44. The van der Waals surface area contributed by atoms with Crippen LogP contribution in [0, 0.1) is 5.92 Å². The van der Waals surface area contributed by atoms with E-state index in [0.717, 1.165) is 5.75 Å². The first-order valence-corrected chi connectivity index (χ1v) is 4.35. The molecule has 0 aliphatic heterocycles. The average Bonchev–Trinajstić information content (AvgIpc) is 2.21. The number of benzene rings is 1. The highest BCUT2D eigenvalue weighted by molar-refractivity contribution is 5.20. The molecule has 0 saturated heterocycles. The van der Waals surface area contributed by atoms with Crippen molar-refractivity contribution in [2.45, 2.75) is 0 Å². The number of aliphatic hydroxyl groups is 1. The first-order valence-electron chi connectivity index (χ1n) is 4.35. The van der Waals surface area contributed by atoms with Gasteiger partial charge in [0.25, 0.3) is 0 Å². The number of ether oxygens (including phenoxy) is 1. The molecule has 1 atom stereocenters. The van der Waals surface area contributed by atoms with Crippen molar-refractivity contribution in [3.8, 4) is 5.75 Å². The second-order valence-electron chi connectivity index (χ2n) is 2.91. The van der Waals surface area contributed by atoms with E-state index in [1.807, 2.05) is 30.3 Å². The highest BCUT2D eigenvalue weighted by Crippen LogP contribution is 2.09. The standard InChI is InChI=1S/C10H15NO2/c11-6-9(7-12)8-13-10-4-2-1-3-5-10/h1-5,9,12H,6-8,11H2. The second kappa shape index (κ2) is 5.56. The Balaban J connectivity index is 2.34. The van der Waals surface area contributed by atoms with Crippen LogP contribution in [0.25, 0.3) is 0 Å². The molecule has 3 heteroatoms. The molecule has 1 unspecified atom stereocenters. The molecule has 72 valence electrons. The number of nitrogens with two attached hydrogens (primary N) is 1. The van der Waals surface area contributed by atoms with Crippen LogP contribution in [-0.2, 0) is 0 Å². The van der Waals surface area contributed by atoms with Gasteiger partial charge in [-0.15, -0.1) is 0 Å². The lowest BCUT2D eigenvalue weighted by Gasteiger charge is -2.12. The Labute approximate surface area is 78.1 Å². The largest absolute Gasteiger partial charge is 0.493 e. The normalized spacial score (nSPS) is 12.5. The third-order valence-electron chi connectivity index (χ3n) is 1.82. The molecule has 3 nitrogen and oxygen atoms in total. The number of hydrogen-bond donors (Lipinski definition) is 2. The molecule has 0 radical (unpaired) electrons. The molecule has 0 bridgehead atoms. The van der Waals surface area contributed by atoms with Gasteiger partial charge < -0.3 is 15.6 Å². The fourth-order valence-electron chi connectivity index (χ4n) is 0.926. The highest BCUT2D eigenvalue weighted by Gasteiger charge is 2.04. The van der Waals surface area contributed by atoms with Crippen LogP contribution in [0.1, 0.15) is 0 Å². The van der Waals surface area contributed by atoms with Gasteiger partial charge in [-0.25, -0.2) is 0 Å². The van der Waals surface area contributed by atoms with E-state index in [4.69, 9.17) is 15.6 Å². The summed E-state index contributed by atoms with van der Waals surface area (Å²) in [5, 5.41) is 8.84. The Kier molecular flexibility index (Phi) is 4.29. The summed E-state index contributed by atoms with van der Waals surface area (Å²) in [6.07, 6.45) is 0. The minimum Gasteiger partial charge on any atom is -0.493 e. The molecule has 0 aromatic heterocycles. The predicted octanol–water partition coefficient (Wildman–Crippen LogP) is 0.633. The molecule has 1 aromatic rings. The van der Waals surface area contributed by atoms with Gasteiger partial charge in [0.2, 0.25) is 0 Å². The maximum absolute atomic E-state index is 8.84. The van der Waals surface area contributed by atoms with E-state index < -0.39 is 0 Å². The molecule has 0 aliphatic rings. The Hall–Kier alpha value is -1.06. The summed E-state index contributed by atoms with van der Waals surface area (Å²) in [5.74, 6) is 0.842. The van der Waals surface area contributed by atoms with Crippen molar-refractivity contribution in [1.82, 2.24) is 0 Å². The van der Waals surface area contributed by atoms with Crippen molar-refractivity contribution >= 4 is 0 Å². The van der Waals surface area contributed by atoms with Crippen LogP contribution >= 0.6 is 0 Å². The van der Waals surface area contributed by atoms with E-state index >= 15 is 0 Å². The van der Waals surface area contributed by atoms with E-state index in [9.17, 15) is 0 Å². The van der Waals surface area contributed by atoms with Crippen molar-refractivity contribution in [3.05, 3.63) is 30.3 Å². The van der Waals surface area contributed by atoms with Gasteiger partial charge in [-0.3, -0.25) is 0 Å². The molecule has 1 aromatic carbocycles. The number of aliphatic hydroxyl groups excluding tert-OH is 1. The van der Waals surface area contributed by atoms with Crippen molar-refractivity contribution in [3.63, 3.8) is 0 Å². The van der Waals surface area contributed by atoms with E-state index in [0.29, 0.717) is 13.2 Å². The Morgan fingerprint density at radius 2 is 2.00 bits per heavy atom. The topological polar surface area (TPSA) is 55.5 Å². The Morgan fingerprint density at radius 1 is 1.31 bits per heavy atom. The summed E-state index contributed by atoms with van der Waals surface area (Å²) in [6, 6.07) is 9.51. The maximum Gasteiger partial charge on any atom is 0.119 e. The van der Waals surface area contributed by atoms with Gasteiger partial charge in [0.1, 0.15) is 5.75 Å². The summed E-state index contributed by atoms with van der Waals surface area (Å²) in [5.41, 5.74) is 5.41. The zero-order valence-corrected chi connectivity index (χ0v) is 7.52. The molecular formula is C10H15NO2. The van der Waals surface area contributed by atoms with Crippen LogP contribution < -0.4 is 10.5 Å². The van der Waals surface area contributed by atoms with Crippen LogP contribution in [0.3, 0.4) is 0 Å². The lowest BCUT2D eigenvalue weighted by Crippen LogP contribution is -2.24. The lowest BCUT2D eigenvalue weighted by atomic mass is 10.2. The van der Waals surface area contributed by atoms with E-state index in [1.165, 1.54) is 0 Å². The van der Waals surface area contributed by atoms with Crippen molar-refractivity contribution in [2.75, 3.05) is 19.8 Å². The Bertz CT molecular complexity index is 222. The summed E-state index contributed by atoms with van der Waals surface area (Å²) >= 11 is 0. The molecule has 0 spiro atoms. The molecule has 13 heavy (non-hydrogen) atoms. The quantitative estimate of drug-likeness (QED) is 0.700. The predicted molar refractivity (Wildman–Crippen MR) is 51.6 cm³/mol. The lowest BCUT2D eigenvalue weighted by molar-refractivity contribution is 0.167. The van der Waals surface area contributed by atoms with Crippen LogP contribution in [0.15, 0.2) is 30.3 Å². The summed E-state index contributed by atoms with van der Waals surface area (Å²) in [6.45, 7) is 0.990. The molecule has 0 heterocycles. The van der Waals surface area contributed by atoms with Gasteiger partial charge in [-0.1, -0.05) is 18.2 Å². The minimum atomic E-state index is 0.0280. The maximum atomic E-state index is 8.84. The summed E-state index contributed by atoms with van der Waals surface area (Å²) in [7, 11) is 0. The monoisotopic (exact) mass is 181 g/mol. The molecule has 0 fully saturated rings. The third-order valence-corrected chi connectivity index (χ3v) is 1.82. The first-order chi connectivity index (χ1) is 6.36. The SMILES string of the molecule is NCC(CO)COc1ccccc1. The van der Waals surface area contributed by atoms with Crippen LogP contribution in [0.2, 0.25) is 0 Å². The van der Waals surface area contributed by atoms with Gasteiger partial charge >= 0.3 is 0 Å². The summed E-state index contributed by atoms with van der Waals surface area (Å²) < 4.78 is 5.41. The molecule has 3 N–H and O–H groups in total. The van der Waals surface area contributed by atoms with Crippen LogP contribution in [-0.4, -0.2) is 24.9 Å². The van der Waals surface area contributed by atoms with Gasteiger partial charge in [0, 0.05) is 12.5 Å². The fourth-order valence-corrected chi connectivity index (χ4v) is 0.926. The minimum absolute atomic E-state index is 0.0280. The summed E-state index contributed by atoms with van der Waals surface area (Å²) in [4.78, 5) is 0. The van der Waals surface area contributed by atoms with E-state index in [1.54, 1.807) is 0 Å². The second-order valence-corrected chi connectivity index (χ2v) is 2.91. The first kappa shape index (κ1) is 10.0. The molecule has 0 saturated carbocycles. The smallest absolute Gasteiger partial charge is 0.119 e. The zero-order chi connectivity index (χ0) is 9.52.